The Hall–Kier alpha value is -1.74. The van der Waals surface area contributed by atoms with Crippen molar-refractivity contribution in [2.75, 3.05) is 18.0 Å². The Morgan fingerprint density at radius 1 is 1.24 bits per heavy atom. The summed E-state index contributed by atoms with van der Waals surface area (Å²) in [5.41, 5.74) is 7.23. The summed E-state index contributed by atoms with van der Waals surface area (Å²) in [5, 5.41) is 0. The molecule has 0 saturated heterocycles. The van der Waals surface area contributed by atoms with Crippen molar-refractivity contribution >= 4 is 5.69 Å². The van der Waals surface area contributed by atoms with E-state index in [2.05, 4.69) is 55.1 Å². The fraction of sp³-hybridized carbons (Fsp3) is 0.444. The van der Waals surface area contributed by atoms with Gasteiger partial charge in [-0.1, -0.05) is 25.1 Å². The van der Waals surface area contributed by atoms with Crippen LogP contribution in [0.2, 0.25) is 0 Å². The van der Waals surface area contributed by atoms with Gasteiger partial charge >= 0.3 is 0 Å². The average molecular weight is 284 g/mol. The Labute approximate surface area is 126 Å². The third kappa shape index (κ3) is 2.84. The van der Waals surface area contributed by atoms with E-state index in [-0.39, 0.29) is 6.04 Å². The van der Waals surface area contributed by atoms with E-state index in [9.17, 15) is 0 Å². The van der Waals surface area contributed by atoms with Gasteiger partial charge in [0.25, 0.3) is 0 Å². The van der Waals surface area contributed by atoms with E-state index >= 15 is 0 Å². The Morgan fingerprint density at radius 2 is 1.95 bits per heavy atom. The van der Waals surface area contributed by atoms with E-state index in [0.717, 1.165) is 24.0 Å². The highest BCUT2D eigenvalue weighted by molar-refractivity contribution is 5.48. The van der Waals surface area contributed by atoms with E-state index in [1.54, 1.807) is 0 Å². The zero-order chi connectivity index (χ0) is 14.8. The quantitative estimate of drug-likeness (QED) is 0.874. The highest BCUT2D eigenvalue weighted by atomic mass is 16.3. The van der Waals surface area contributed by atoms with Gasteiger partial charge in [-0.05, 0) is 43.5 Å². The summed E-state index contributed by atoms with van der Waals surface area (Å²) in [7, 11) is 0. The molecule has 0 aliphatic heterocycles. The lowest BCUT2D eigenvalue weighted by atomic mass is 10.1. The third-order valence-corrected chi connectivity index (χ3v) is 4.48. The SMILES string of the molecule is CCN(c1ccccc1)C(CN)c1ccc(C2CC2C)o1. The first-order valence-corrected chi connectivity index (χ1v) is 7.86. The Kier molecular flexibility index (Phi) is 4.02. The van der Waals surface area contributed by atoms with Crippen LogP contribution in [0.4, 0.5) is 5.69 Å². The maximum Gasteiger partial charge on any atom is 0.127 e. The van der Waals surface area contributed by atoms with Gasteiger partial charge in [0, 0.05) is 24.7 Å². The lowest BCUT2D eigenvalue weighted by molar-refractivity contribution is 0.421. The number of rotatable bonds is 6. The van der Waals surface area contributed by atoms with Crippen LogP contribution in [0, 0.1) is 5.92 Å². The molecular weight excluding hydrogens is 260 g/mol. The van der Waals surface area contributed by atoms with Gasteiger partial charge < -0.3 is 15.1 Å². The van der Waals surface area contributed by atoms with Gasteiger partial charge in [0.2, 0.25) is 0 Å². The van der Waals surface area contributed by atoms with Crippen LogP contribution in [0.15, 0.2) is 46.9 Å². The molecule has 2 N–H and O–H groups in total. The molecule has 112 valence electrons. The van der Waals surface area contributed by atoms with Crippen LogP contribution >= 0.6 is 0 Å². The number of para-hydroxylation sites is 1. The second-order valence-corrected chi connectivity index (χ2v) is 5.93. The monoisotopic (exact) mass is 284 g/mol. The van der Waals surface area contributed by atoms with Crippen LogP contribution in [0.3, 0.4) is 0 Å². The molecule has 3 atom stereocenters. The lowest BCUT2D eigenvalue weighted by Gasteiger charge is -2.30. The highest BCUT2D eigenvalue weighted by Crippen LogP contribution is 2.47. The molecule has 0 spiro atoms. The molecule has 1 heterocycles. The van der Waals surface area contributed by atoms with E-state index in [1.165, 1.54) is 12.1 Å². The predicted molar refractivity (Wildman–Crippen MR) is 86.5 cm³/mol. The summed E-state index contributed by atoms with van der Waals surface area (Å²) in [4.78, 5) is 2.30. The number of hydrogen-bond acceptors (Lipinski definition) is 3. The standard InChI is InChI=1S/C18H24N2O/c1-3-20(14-7-5-4-6-8-14)16(12-19)18-10-9-17(21-18)15-11-13(15)2/h4-10,13,15-16H,3,11-12,19H2,1-2H3. The smallest absolute Gasteiger partial charge is 0.127 e. The normalized spacial score (nSPS) is 22.0. The molecule has 1 aliphatic rings. The van der Waals surface area contributed by atoms with Gasteiger partial charge in [-0.3, -0.25) is 0 Å². The summed E-state index contributed by atoms with van der Waals surface area (Å²) >= 11 is 0. The maximum atomic E-state index is 6.11. The van der Waals surface area contributed by atoms with Crippen molar-refractivity contribution in [1.82, 2.24) is 0 Å². The van der Waals surface area contributed by atoms with Crippen LogP contribution in [-0.2, 0) is 0 Å². The van der Waals surface area contributed by atoms with Crippen molar-refractivity contribution in [3.63, 3.8) is 0 Å². The maximum absolute atomic E-state index is 6.11. The molecule has 2 aromatic rings. The molecule has 0 bridgehead atoms. The average Bonchev–Trinajstić information content (AvgIpc) is 3.06. The number of nitrogens with zero attached hydrogens (tertiary/aromatic N) is 1. The minimum absolute atomic E-state index is 0.0974. The zero-order valence-corrected chi connectivity index (χ0v) is 12.8. The molecule has 3 unspecified atom stereocenters. The van der Waals surface area contributed by atoms with Crippen LogP contribution in [0.5, 0.6) is 0 Å². The highest BCUT2D eigenvalue weighted by Gasteiger charge is 2.37. The molecule has 1 aromatic carbocycles. The Balaban J connectivity index is 1.84. The first-order chi connectivity index (χ1) is 10.2. The largest absolute Gasteiger partial charge is 0.464 e. The molecule has 21 heavy (non-hydrogen) atoms. The van der Waals surface area contributed by atoms with Gasteiger partial charge in [-0.15, -0.1) is 0 Å². The second-order valence-electron chi connectivity index (χ2n) is 5.93. The summed E-state index contributed by atoms with van der Waals surface area (Å²) in [6, 6.07) is 14.7. The number of furan rings is 1. The minimum atomic E-state index is 0.0974. The predicted octanol–water partition coefficient (Wildman–Crippen LogP) is 3.93. The molecule has 3 nitrogen and oxygen atoms in total. The fourth-order valence-corrected chi connectivity index (χ4v) is 3.06. The van der Waals surface area contributed by atoms with E-state index in [0.29, 0.717) is 12.5 Å². The van der Waals surface area contributed by atoms with Gasteiger partial charge in [0.1, 0.15) is 11.5 Å². The van der Waals surface area contributed by atoms with Crippen molar-refractivity contribution in [1.29, 1.82) is 0 Å². The molecule has 3 heteroatoms. The number of anilines is 1. The molecule has 0 radical (unpaired) electrons. The number of benzene rings is 1. The van der Waals surface area contributed by atoms with Crippen LogP contribution < -0.4 is 10.6 Å². The van der Waals surface area contributed by atoms with Crippen molar-refractivity contribution in [3.8, 4) is 0 Å². The fourth-order valence-electron chi connectivity index (χ4n) is 3.06. The topological polar surface area (TPSA) is 42.4 Å². The lowest BCUT2D eigenvalue weighted by Crippen LogP contribution is -2.33. The summed E-state index contributed by atoms with van der Waals surface area (Å²) in [6.45, 7) is 5.88. The number of hydrogen-bond donors (Lipinski definition) is 1. The number of likely N-dealkylation sites (N-methyl/N-ethyl adjacent to an activating group) is 1. The summed E-state index contributed by atoms with van der Waals surface area (Å²) < 4.78 is 6.11. The van der Waals surface area contributed by atoms with Crippen molar-refractivity contribution in [3.05, 3.63) is 54.0 Å². The van der Waals surface area contributed by atoms with Gasteiger partial charge in [-0.2, -0.15) is 0 Å². The zero-order valence-electron chi connectivity index (χ0n) is 12.8. The van der Waals surface area contributed by atoms with E-state index in [1.807, 2.05) is 6.07 Å². The first-order valence-electron chi connectivity index (χ1n) is 7.86. The Bertz CT molecular complexity index is 578. The molecule has 3 rings (SSSR count). The summed E-state index contributed by atoms with van der Waals surface area (Å²) in [6.07, 6.45) is 1.25. The molecule has 0 amide bonds. The van der Waals surface area contributed by atoms with E-state index in [4.69, 9.17) is 10.2 Å². The van der Waals surface area contributed by atoms with E-state index < -0.39 is 0 Å². The summed E-state index contributed by atoms with van der Waals surface area (Å²) in [5.74, 6) is 3.48. The van der Waals surface area contributed by atoms with Crippen molar-refractivity contribution in [2.24, 2.45) is 11.7 Å². The molecule has 1 aliphatic carbocycles. The Morgan fingerprint density at radius 3 is 2.52 bits per heavy atom. The minimum Gasteiger partial charge on any atom is -0.464 e. The van der Waals surface area contributed by atoms with Gasteiger partial charge in [0.05, 0.1) is 6.04 Å². The third-order valence-electron chi connectivity index (χ3n) is 4.48. The second kappa shape index (κ2) is 5.94. The van der Waals surface area contributed by atoms with Crippen LogP contribution in [-0.4, -0.2) is 13.1 Å². The molecule has 1 saturated carbocycles. The van der Waals surface area contributed by atoms with Crippen molar-refractivity contribution in [2.45, 2.75) is 32.2 Å². The van der Waals surface area contributed by atoms with Crippen LogP contribution in [0.25, 0.3) is 0 Å². The van der Waals surface area contributed by atoms with Crippen molar-refractivity contribution < 1.29 is 4.42 Å². The first kappa shape index (κ1) is 14.2. The van der Waals surface area contributed by atoms with Gasteiger partial charge in [0.15, 0.2) is 0 Å². The van der Waals surface area contributed by atoms with Gasteiger partial charge in [-0.25, -0.2) is 0 Å². The number of nitrogens with two attached hydrogens (primary N) is 1. The van der Waals surface area contributed by atoms with Crippen LogP contribution in [0.1, 0.15) is 43.7 Å². The molecule has 1 fully saturated rings. The molecule has 1 aromatic heterocycles. The molecular formula is C18H24N2O.